The van der Waals surface area contributed by atoms with Crippen LogP contribution in [0.15, 0.2) is 54.6 Å². The molecular weight excluding hydrogens is 258 g/mol. The van der Waals surface area contributed by atoms with Gasteiger partial charge in [0.25, 0.3) is 0 Å². The predicted octanol–water partition coefficient (Wildman–Crippen LogP) is 3.75. The van der Waals surface area contributed by atoms with Crippen LogP contribution in [0.3, 0.4) is 0 Å². The third-order valence-electron chi connectivity index (χ3n) is 4.33. The van der Waals surface area contributed by atoms with E-state index in [1.165, 1.54) is 16.7 Å². The molecule has 2 aromatic carbocycles. The summed E-state index contributed by atoms with van der Waals surface area (Å²) in [5, 5.41) is 13.2. The average molecular weight is 281 g/mol. The highest BCUT2D eigenvalue weighted by Gasteiger charge is 2.18. The van der Waals surface area contributed by atoms with Gasteiger partial charge in [0.05, 0.1) is 6.10 Å². The van der Waals surface area contributed by atoms with Crippen molar-refractivity contribution in [2.45, 2.75) is 44.4 Å². The molecule has 2 heteroatoms. The van der Waals surface area contributed by atoms with Crippen LogP contribution in [-0.2, 0) is 6.54 Å². The van der Waals surface area contributed by atoms with Crippen LogP contribution in [0.2, 0.25) is 0 Å². The molecule has 0 bridgehead atoms. The summed E-state index contributed by atoms with van der Waals surface area (Å²) in [6.07, 6.45) is 3.95. The van der Waals surface area contributed by atoms with Crippen LogP contribution in [0.5, 0.6) is 0 Å². The average Bonchev–Trinajstić information content (AvgIpc) is 2.55. The first-order valence-corrected chi connectivity index (χ1v) is 7.87. The normalized spacial score (nSPS) is 22.1. The molecule has 0 amide bonds. The Kier molecular flexibility index (Phi) is 4.69. The highest BCUT2D eigenvalue weighted by molar-refractivity contribution is 5.63. The standard InChI is InChI=1S/C19H23NO/c21-19-11-9-18(10-12-19)20-14-15-5-4-8-17(13-15)16-6-2-1-3-7-16/h1-8,13,18-21H,9-12,14H2. The van der Waals surface area contributed by atoms with Crippen LogP contribution < -0.4 is 5.32 Å². The molecule has 21 heavy (non-hydrogen) atoms. The Hall–Kier alpha value is -1.64. The zero-order valence-electron chi connectivity index (χ0n) is 12.3. The van der Waals surface area contributed by atoms with Gasteiger partial charge < -0.3 is 10.4 Å². The molecule has 0 heterocycles. The van der Waals surface area contributed by atoms with Crippen LogP contribution in [0.25, 0.3) is 11.1 Å². The molecule has 0 aromatic heterocycles. The minimum Gasteiger partial charge on any atom is -0.393 e. The molecule has 1 saturated carbocycles. The Morgan fingerprint density at radius 1 is 0.857 bits per heavy atom. The summed E-state index contributed by atoms with van der Waals surface area (Å²) in [6.45, 7) is 0.904. The number of hydrogen-bond donors (Lipinski definition) is 2. The number of hydrogen-bond acceptors (Lipinski definition) is 2. The summed E-state index contributed by atoms with van der Waals surface area (Å²) in [5.74, 6) is 0. The van der Waals surface area contributed by atoms with Gasteiger partial charge in [0, 0.05) is 12.6 Å². The van der Waals surface area contributed by atoms with Crippen molar-refractivity contribution in [3.63, 3.8) is 0 Å². The van der Waals surface area contributed by atoms with Crippen molar-refractivity contribution >= 4 is 0 Å². The number of aliphatic hydroxyl groups is 1. The van der Waals surface area contributed by atoms with Crippen molar-refractivity contribution in [1.82, 2.24) is 5.32 Å². The molecule has 0 saturated heterocycles. The molecular formula is C19H23NO. The fourth-order valence-electron chi connectivity index (χ4n) is 3.03. The summed E-state index contributed by atoms with van der Waals surface area (Å²) >= 11 is 0. The fourth-order valence-corrected chi connectivity index (χ4v) is 3.03. The maximum atomic E-state index is 9.55. The topological polar surface area (TPSA) is 32.3 Å². The van der Waals surface area contributed by atoms with Crippen LogP contribution >= 0.6 is 0 Å². The Balaban J connectivity index is 1.61. The molecule has 2 aromatic rings. The zero-order chi connectivity index (χ0) is 14.5. The molecule has 2 nitrogen and oxygen atoms in total. The van der Waals surface area contributed by atoms with Crippen molar-refractivity contribution in [3.8, 4) is 11.1 Å². The largest absolute Gasteiger partial charge is 0.393 e. The molecule has 1 aliphatic rings. The number of rotatable bonds is 4. The summed E-state index contributed by atoms with van der Waals surface area (Å²) < 4.78 is 0. The van der Waals surface area contributed by atoms with Gasteiger partial charge in [-0.3, -0.25) is 0 Å². The lowest BCUT2D eigenvalue weighted by molar-refractivity contribution is 0.116. The van der Waals surface area contributed by atoms with E-state index in [1.54, 1.807) is 0 Å². The van der Waals surface area contributed by atoms with Crippen LogP contribution in [-0.4, -0.2) is 17.3 Å². The van der Waals surface area contributed by atoms with Crippen molar-refractivity contribution in [3.05, 3.63) is 60.2 Å². The lowest BCUT2D eigenvalue weighted by Gasteiger charge is -2.26. The first-order chi connectivity index (χ1) is 10.3. The van der Waals surface area contributed by atoms with E-state index in [1.807, 2.05) is 6.07 Å². The maximum Gasteiger partial charge on any atom is 0.0541 e. The second-order valence-corrected chi connectivity index (χ2v) is 5.95. The van der Waals surface area contributed by atoms with Crippen molar-refractivity contribution in [2.75, 3.05) is 0 Å². The first kappa shape index (κ1) is 14.3. The second kappa shape index (κ2) is 6.88. The van der Waals surface area contributed by atoms with E-state index in [4.69, 9.17) is 0 Å². The molecule has 2 N–H and O–H groups in total. The first-order valence-electron chi connectivity index (χ1n) is 7.87. The monoisotopic (exact) mass is 281 g/mol. The Labute approximate surface area is 126 Å². The number of aliphatic hydroxyl groups excluding tert-OH is 1. The third-order valence-corrected chi connectivity index (χ3v) is 4.33. The van der Waals surface area contributed by atoms with Crippen LogP contribution in [0.1, 0.15) is 31.2 Å². The van der Waals surface area contributed by atoms with Crippen molar-refractivity contribution in [2.24, 2.45) is 0 Å². The van der Waals surface area contributed by atoms with Gasteiger partial charge in [-0.1, -0.05) is 48.5 Å². The Morgan fingerprint density at radius 2 is 1.57 bits per heavy atom. The highest BCUT2D eigenvalue weighted by atomic mass is 16.3. The van der Waals surface area contributed by atoms with Crippen molar-refractivity contribution in [1.29, 1.82) is 0 Å². The molecule has 1 aliphatic carbocycles. The van der Waals surface area contributed by atoms with E-state index in [0.717, 1.165) is 32.2 Å². The minimum absolute atomic E-state index is 0.0792. The zero-order valence-corrected chi connectivity index (χ0v) is 12.3. The van der Waals surface area contributed by atoms with Gasteiger partial charge in [-0.05, 0) is 48.4 Å². The van der Waals surface area contributed by atoms with Crippen molar-refractivity contribution < 1.29 is 5.11 Å². The van der Waals surface area contributed by atoms with Gasteiger partial charge in [0.1, 0.15) is 0 Å². The van der Waals surface area contributed by atoms with Gasteiger partial charge in [-0.2, -0.15) is 0 Å². The maximum absolute atomic E-state index is 9.55. The van der Waals surface area contributed by atoms with Gasteiger partial charge in [0.15, 0.2) is 0 Å². The quantitative estimate of drug-likeness (QED) is 0.894. The van der Waals surface area contributed by atoms with E-state index in [-0.39, 0.29) is 6.10 Å². The van der Waals surface area contributed by atoms with Crippen LogP contribution in [0, 0.1) is 0 Å². The summed E-state index contributed by atoms with van der Waals surface area (Å²) in [7, 11) is 0. The molecule has 3 rings (SSSR count). The van der Waals surface area contributed by atoms with Gasteiger partial charge in [-0.15, -0.1) is 0 Å². The SMILES string of the molecule is OC1CCC(NCc2cccc(-c3ccccc3)c2)CC1. The van der Waals surface area contributed by atoms with E-state index in [0.29, 0.717) is 6.04 Å². The van der Waals surface area contributed by atoms with Crippen LogP contribution in [0.4, 0.5) is 0 Å². The second-order valence-electron chi connectivity index (χ2n) is 5.95. The minimum atomic E-state index is -0.0792. The van der Waals surface area contributed by atoms with Gasteiger partial charge >= 0.3 is 0 Å². The summed E-state index contributed by atoms with van der Waals surface area (Å²) in [6, 6.07) is 19.8. The summed E-state index contributed by atoms with van der Waals surface area (Å²) in [4.78, 5) is 0. The number of nitrogens with one attached hydrogen (secondary N) is 1. The Bertz CT molecular complexity index is 559. The van der Waals surface area contributed by atoms with Gasteiger partial charge in [-0.25, -0.2) is 0 Å². The molecule has 0 unspecified atom stereocenters. The fraction of sp³-hybridized carbons (Fsp3) is 0.368. The third kappa shape index (κ3) is 3.93. The predicted molar refractivity (Wildman–Crippen MR) is 87.0 cm³/mol. The smallest absolute Gasteiger partial charge is 0.0541 e. The molecule has 0 aliphatic heterocycles. The molecule has 0 spiro atoms. The lowest BCUT2D eigenvalue weighted by Crippen LogP contribution is -2.34. The lowest BCUT2D eigenvalue weighted by atomic mass is 9.93. The molecule has 110 valence electrons. The van der Waals surface area contributed by atoms with E-state index < -0.39 is 0 Å². The van der Waals surface area contributed by atoms with E-state index >= 15 is 0 Å². The molecule has 1 fully saturated rings. The Morgan fingerprint density at radius 3 is 2.33 bits per heavy atom. The van der Waals surface area contributed by atoms with E-state index in [9.17, 15) is 5.11 Å². The van der Waals surface area contributed by atoms with Gasteiger partial charge in [0.2, 0.25) is 0 Å². The highest BCUT2D eigenvalue weighted by Crippen LogP contribution is 2.21. The molecule has 0 radical (unpaired) electrons. The number of benzene rings is 2. The molecule has 0 atom stereocenters. The summed E-state index contributed by atoms with van der Waals surface area (Å²) in [5.41, 5.74) is 3.86. The van der Waals surface area contributed by atoms with E-state index in [2.05, 4.69) is 53.8 Å².